The van der Waals surface area contributed by atoms with E-state index in [0.717, 1.165) is 51.5 Å². The number of benzene rings is 1. The molecule has 0 spiro atoms. The summed E-state index contributed by atoms with van der Waals surface area (Å²) >= 11 is 1.41. The molecule has 0 saturated carbocycles. The van der Waals surface area contributed by atoms with E-state index in [1.165, 1.54) is 22.7 Å². The maximum absolute atomic E-state index is 12.9. The predicted molar refractivity (Wildman–Crippen MR) is 112 cm³/mol. The molecule has 2 atom stereocenters. The quantitative estimate of drug-likeness (QED) is 0.772. The monoisotopic (exact) mass is 399 g/mol. The number of amides is 1. The van der Waals surface area contributed by atoms with E-state index in [1.54, 1.807) is 0 Å². The SMILES string of the molecule is CCN1CCN(C(=O)CN2C[C@@H](c3ccc(C)cc3)[C@H](c3csnn3)C2)CC1. The smallest absolute Gasteiger partial charge is 0.236 e. The molecule has 2 aliphatic rings. The Morgan fingerprint density at radius 2 is 1.79 bits per heavy atom. The molecule has 0 N–H and O–H groups in total. The largest absolute Gasteiger partial charge is 0.339 e. The summed E-state index contributed by atoms with van der Waals surface area (Å²) in [7, 11) is 0. The van der Waals surface area contributed by atoms with Crippen LogP contribution in [0.2, 0.25) is 0 Å². The van der Waals surface area contributed by atoms with Crippen LogP contribution in [0.15, 0.2) is 29.6 Å². The maximum atomic E-state index is 12.9. The topological polar surface area (TPSA) is 52.6 Å². The standard InChI is InChI=1S/C21H29N5OS/c1-3-24-8-10-26(11-9-24)21(27)14-25-12-18(17-6-4-16(2)5-7-17)19(13-25)20-15-28-23-22-20/h4-7,15,18-19H,3,8-14H2,1-2H3/t18-,19+/m0/s1. The minimum atomic E-state index is 0.260. The van der Waals surface area contributed by atoms with Gasteiger partial charge in [0, 0.05) is 56.5 Å². The molecule has 0 radical (unpaired) electrons. The molecule has 2 fully saturated rings. The van der Waals surface area contributed by atoms with Crippen molar-refractivity contribution in [3.05, 3.63) is 46.5 Å². The lowest BCUT2D eigenvalue weighted by molar-refractivity contribution is -0.133. The molecular weight excluding hydrogens is 370 g/mol. The fraction of sp³-hybridized carbons (Fsp3) is 0.571. The van der Waals surface area contributed by atoms with Gasteiger partial charge in [-0.15, -0.1) is 5.10 Å². The van der Waals surface area contributed by atoms with Crippen LogP contribution in [-0.4, -0.2) is 82.6 Å². The maximum Gasteiger partial charge on any atom is 0.236 e. The molecule has 150 valence electrons. The number of rotatable bonds is 5. The Kier molecular flexibility index (Phi) is 6.04. The van der Waals surface area contributed by atoms with Crippen LogP contribution < -0.4 is 0 Å². The lowest BCUT2D eigenvalue weighted by atomic mass is 9.87. The lowest BCUT2D eigenvalue weighted by Crippen LogP contribution is -2.50. The summed E-state index contributed by atoms with van der Waals surface area (Å²) in [4.78, 5) is 19.6. The number of aryl methyl sites for hydroxylation is 1. The minimum absolute atomic E-state index is 0.260. The summed E-state index contributed by atoms with van der Waals surface area (Å²) in [5.41, 5.74) is 3.66. The van der Waals surface area contributed by atoms with Gasteiger partial charge in [-0.25, -0.2) is 0 Å². The highest BCUT2D eigenvalue weighted by Gasteiger charge is 2.37. The van der Waals surface area contributed by atoms with Gasteiger partial charge in [0.25, 0.3) is 0 Å². The highest BCUT2D eigenvalue weighted by atomic mass is 32.1. The predicted octanol–water partition coefficient (Wildman–Crippen LogP) is 2.19. The number of hydrogen-bond acceptors (Lipinski definition) is 6. The molecule has 2 aromatic rings. The van der Waals surface area contributed by atoms with Gasteiger partial charge < -0.3 is 9.80 Å². The number of nitrogens with zero attached hydrogens (tertiary/aromatic N) is 5. The average Bonchev–Trinajstić information content (AvgIpc) is 3.38. The first-order chi connectivity index (χ1) is 13.6. The first-order valence-corrected chi connectivity index (χ1v) is 11.0. The third-order valence-electron chi connectivity index (χ3n) is 6.19. The zero-order chi connectivity index (χ0) is 19.5. The first kappa shape index (κ1) is 19.5. The highest BCUT2D eigenvalue weighted by Crippen LogP contribution is 2.39. The molecule has 0 unspecified atom stereocenters. The fourth-order valence-electron chi connectivity index (χ4n) is 4.40. The van der Waals surface area contributed by atoms with Crippen molar-refractivity contribution in [3.63, 3.8) is 0 Å². The van der Waals surface area contributed by atoms with Gasteiger partial charge in [-0.2, -0.15) is 0 Å². The summed E-state index contributed by atoms with van der Waals surface area (Å²) < 4.78 is 4.08. The van der Waals surface area contributed by atoms with E-state index in [0.29, 0.717) is 18.4 Å². The first-order valence-electron chi connectivity index (χ1n) is 10.2. The van der Waals surface area contributed by atoms with Crippen molar-refractivity contribution in [2.75, 3.05) is 52.4 Å². The summed E-state index contributed by atoms with van der Waals surface area (Å²) in [6.07, 6.45) is 0. The van der Waals surface area contributed by atoms with Crippen molar-refractivity contribution >= 4 is 17.4 Å². The Balaban J connectivity index is 1.44. The third-order valence-corrected chi connectivity index (χ3v) is 6.71. The highest BCUT2D eigenvalue weighted by molar-refractivity contribution is 7.03. The van der Waals surface area contributed by atoms with Gasteiger partial charge in [-0.05, 0) is 30.6 Å². The molecule has 1 amide bonds. The summed E-state index contributed by atoms with van der Waals surface area (Å²) in [5.74, 6) is 0.913. The Morgan fingerprint density at radius 3 is 2.43 bits per heavy atom. The molecule has 4 rings (SSSR count). The molecular formula is C21H29N5OS. The van der Waals surface area contributed by atoms with Crippen molar-refractivity contribution in [2.24, 2.45) is 0 Å². The van der Waals surface area contributed by atoms with Crippen molar-refractivity contribution in [2.45, 2.75) is 25.7 Å². The molecule has 0 aliphatic carbocycles. The average molecular weight is 400 g/mol. The van der Waals surface area contributed by atoms with E-state index in [2.05, 4.69) is 62.9 Å². The van der Waals surface area contributed by atoms with E-state index < -0.39 is 0 Å². The number of hydrogen-bond donors (Lipinski definition) is 0. The van der Waals surface area contributed by atoms with Gasteiger partial charge >= 0.3 is 0 Å². The molecule has 28 heavy (non-hydrogen) atoms. The van der Waals surface area contributed by atoms with Crippen LogP contribution in [0.4, 0.5) is 0 Å². The van der Waals surface area contributed by atoms with Crippen molar-refractivity contribution < 1.29 is 4.79 Å². The molecule has 1 aromatic carbocycles. The molecule has 6 nitrogen and oxygen atoms in total. The van der Waals surface area contributed by atoms with E-state index in [-0.39, 0.29) is 5.91 Å². The Hall–Kier alpha value is -1.83. The van der Waals surface area contributed by atoms with Crippen molar-refractivity contribution in [1.29, 1.82) is 0 Å². The van der Waals surface area contributed by atoms with E-state index in [4.69, 9.17) is 0 Å². The fourth-order valence-corrected chi connectivity index (χ4v) is 4.92. The van der Waals surface area contributed by atoms with Crippen LogP contribution in [-0.2, 0) is 4.79 Å². The zero-order valence-electron chi connectivity index (χ0n) is 16.8. The van der Waals surface area contributed by atoms with Gasteiger partial charge in [0.05, 0.1) is 12.2 Å². The molecule has 3 heterocycles. The number of piperazine rings is 1. The van der Waals surface area contributed by atoms with Crippen molar-refractivity contribution in [1.82, 2.24) is 24.3 Å². The second kappa shape index (κ2) is 8.68. The van der Waals surface area contributed by atoms with Crippen LogP contribution in [0, 0.1) is 6.92 Å². The van der Waals surface area contributed by atoms with E-state index in [1.807, 2.05) is 4.90 Å². The Morgan fingerprint density at radius 1 is 1.07 bits per heavy atom. The number of likely N-dealkylation sites (N-methyl/N-ethyl adjacent to an activating group) is 1. The van der Waals surface area contributed by atoms with Crippen molar-refractivity contribution in [3.8, 4) is 0 Å². The number of aromatic nitrogens is 2. The molecule has 1 aromatic heterocycles. The third kappa shape index (κ3) is 4.26. The van der Waals surface area contributed by atoms with Crippen LogP contribution in [0.1, 0.15) is 35.6 Å². The molecule has 2 aliphatic heterocycles. The van der Waals surface area contributed by atoms with Gasteiger partial charge in [0.1, 0.15) is 0 Å². The molecule has 0 bridgehead atoms. The Bertz CT molecular complexity index is 771. The van der Waals surface area contributed by atoms with E-state index in [9.17, 15) is 4.79 Å². The molecule has 7 heteroatoms. The number of likely N-dealkylation sites (tertiary alicyclic amines) is 1. The summed E-state index contributed by atoms with van der Waals surface area (Å²) in [6, 6.07) is 8.80. The van der Waals surface area contributed by atoms with Gasteiger partial charge in [0.2, 0.25) is 5.91 Å². The Labute approximate surface area is 171 Å². The van der Waals surface area contributed by atoms with E-state index >= 15 is 0 Å². The van der Waals surface area contributed by atoms with Crippen LogP contribution in [0.25, 0.3) is 0 Å². The molecule has 2 saturated heterocycles. The van der Waals surface area contributed by atoms with Gasteiger partial charge in [-0.3, -0.25) is 9.69 Å². The summed E-state index contributed by atoms with van der Waals surface area (Å²) in [5, 5.41) is 6.41. The lowest BCUT2D eigenvalue weighted by Gasteiger charge is -2.34. The van der Waals surface area contributed by atoms with Crippen LogP contribution in [0.3, 0.4) is 0 Å². The van der Waals surface area contributed by atoms with Crippen LogP contribution in [0.5, 0.6) is 0 Å². The summed E-state index contributed by atoms with van der Waals surface area (Å²) in [6.45, 7) is 11.3. The second-order valence-corrected chi connectivity index (χ2v) is 8.57. The zero-order valence-corrected chi connectivity index (χ0v) is 17.6. The minimum Gasteiger partial charge on any atom is -0.339 e. The van der Waals surface area contributed by atoms with Crippen LogP contribution >= 0.6 is 11.5 Å². The number of carbonyl (C=O) groups is 1. The van der Waals surface area contributed by atoms with Gasteiger partial charge in [-0.1, -0.05) is 41.2 Å². The second-order valence-electron chi connectivity index (χ2n) is 7.96. The normalized spacial score (nSPS) is 24.0. The van der Waals surface area contributed by atoms with Gasteiger partial charge in [0.15, 0.2) is 0 Å². The number of carbonyl (C=O) groups excluding carboxylic acids is 1.